The van der Waals surface area contributed by atoms with Gasteiger partial charge in [0, 0.05) is 11.1 Å². The maximum absolute atomic E-state index is 12.5. The molecule has 0 spiro atoms. The maximum atomic E-state index is 12.5. The zero-order valence-electron chi connectivity index (χ0n) is 9.10. The summed E-state index contributed by atoms with van der Waals surface area (Å²) in [5, 5.41) is 0. The smallest absolute Gasteiger partial charge is 0.263 e. The van der Waals surface area contributed by atoms with E-state index in [0.29, 0.717) is 12.0 Å². The number of hydrogen-bond acceptors (Lipinski definition) is 1. The highest BCUT2D eigenvalue weighted by Crippen LogP contribution is 2.25. The highest BCUT2D eigenvalue weighted by atomic mass is 19.3. The van der Waals surface area contributed by atoms with E-state index in [4.69, 9.17) is 0 Å². The Hall–Kier alpha value is -1.25. The fraction of sp³-hybridized carbons (Fsp3) is 0.417. The minimum absolute atomic E-state index is 0.0742. The van der Waals surface area contributed by atoms with Gasteiger partial charge in [-0.3, -0.25) is 4.79 Å². The molecule has 0 aliphatic rings. The molecule has 15 heavy (non-hydrogen) atoms. The van der Waals surface area contributed by atoms with Crippen molar-refractivity contribution in [1.29, 1.82) is 0 Å². The summed E-state index contributed by atoms with van der Waals surface area (Å²) in [7, 11) is 0. The van der Waals surface area contributed by atoms with Crippen LogP contribution in [0.5, 0.6) is 0 Å². The summed E-state index contributed by atoms with van der Waals surface area (Å²) in [6, 6.07) is 2.76. The molecule has 1 rings (SSSR count). The van der Waals surface area contributed by atoms with Crippen molar-refractivity contribution in [3.8, 4) is 0 Å². The predicted molar refractivity (Wildman–Crippen MR) is 55.5 cm³/mol. The molecular weight excluding hydrogens is 198 g/mol. The molecule has 0 atom stereocenters. The first kappa shape index (κ1) is 11.8. The number of halogens is 2. The van der Waals surface area contributed by atoms with Crippen molar-refractivity contribution in [1.82, 2.24) is 0 Å². The largest absolute Gasteiger partial charge is 0.295 e. The molecule has 0 radical (unpaired) electrons. The van der Waals surface area contributed by atoms with Gasteiger partial charge in [0.15, 0.2) is 5.78 Å². The van der Waals surface area contributed by atoms with Crippen molar-refractivity contribution in [3.63, 3.8) is 0 Å². The molecular formula is C12H14F2O. The van der Waals surface area contributed by atoms with Crippen molar-refractivity contribution < 1.29 is 13.6 Å². The number of carbonyl (C=O) groups is 1. The molecule has 0 amide bonds. The van der Waals surface area contributed by atoms with E-state index >= 15 is 0 Å². The quantitative estimate of drug-likeness (QED) is 0.698. The summed E-state index contributed by atoms with van der Waals surface area (Å²) in [5.74, 6) is -0.155. The van der Waals surface area contributed by atoms with Crippen LogP contribution < -0.4 is 0 Å². The summed E-state index contributed by atoms with van der Waals surface area (Å²) in [4.78, 5) is 11.3. The molecule has 0 aromatic heterocycles. The lowest BCUT2D eigenvalue weighted by atomic mass is 9.94. The standard InChI is InChI=1S/C12H14F2O/c1-4-10-7(2)5-9(12(13)14)6-11(10)8(3)15/h5-6,12H,4H2,1-3H3. The highest BCUT2D eigenvalue weighted by Gasteiger charge is 2.14. The van der Waals surface area contributed by atoms with Crippen LogP contribution in [0.1, 0.15) is 47.3 Å². The van der Waals surface area contributed by atoms with Crippen LogP contribution in [0.25, 0.3) is 0 Å². The highest BCUT2D eigenvalue weighted by molar-refractivity contribution is 5.96. The second-order valence-electron chi connectivity index (χ2n) is 3.57. The second-order valence-corrected chi connectivity index (χ2v) is 3.57. The number of ketones is 1. The SMILES string of the molecule is CCc1c(C)cc(C(F)F)cc1C(C)=O. The first-order valence-corrected chi connectivity index (χ1v) is 4.89. The normalized spacial score (nSPS) is 10.8. The van der Waals surface area contributed by atoms with Gasteiger partial charge >= 0.3 is 0 Å². The van der Waals surface area contributed by atoms with Gasteiger partial charge in [-0.05, 0) is 37.5 Å². The van der Waals surface area contributed by atoms with Crippen LogP contribution in [-0.4, -0.2) is 5.78 Å². The van der Waals surface area contributed by atoms with E-state index in [0.717, 1.165) is 11.1 Å². The number of Topliss-reactive ketones (excluding diaryl/α,β-unsaturated/α-hetero) is 1. The van der Waals surface area contributed by atoms with E-state index in [1.807, 2.05) is 6.92 Å². The lowest BCUT2D eigenvalue weighted by molar-refractivity contribution is 0.101. The number of carbonyl (C=O) groups excluding carboxylic acids is 1. The Balaban J connectivity index is 3.38. The molecule has 1 nitrogen and oxygen atoms in total. The van der Waals surface area contributed by atoms with Crippen molar-refractivity contribution in [2.75, 3.05) is 0 Å². The van der Waals surface area contributed by atoms with Crippen LogP contribution in [0, 0.1) is 6.92 Å². The van der Waals surface area contributed by atoms with E-state index in [2.05, 4.69) is 0 Å². The molecule has 0 aliphatic carbocycles. The summed E-state index contributed by atoms with van der Waals surface area (Å²) < 4.78 is 25.0. The average Bonchev–Trinajstić information content (AvgIpc) is 2.16. The number of alkyl halides is 2. The van der Waals surface area contributed by atoms with Gasteiger partial charge < -0.3 is 0 Å². The molecule has 0 heterocycles. The monoisotopic (exact) mass is 212 g/mol. The fourth-order valence-corrected chi connectivity index (χ4v) is 1.75. The molecule has 0 fully saturated rings. The van der Waals surface area contributed by atoms with Crippen LogP contribution in [0.3, 0.4) is 0 Å². The third-order valence-corrected chi connectivity index (χ3v) is 2.48. The van der Waals surface area contributed by atoms with Crippen LogP contribution in [0.2, 0.25) is 0 Å². The van der Waals surface area contributed by atoms with Crippen molar-refractivity contribution in [3.05, 3.63) is 34.4 Å². The number of rotatable bonds is 3. The third kappa shape index (κ3) is 2.41. The van der Waals surface area contributed by atoms with Crippen molar-refractivity contribution >= 4 is 5.78 Å². The minimum atomic E-state index is -2.52. The van der Waals surface area contributed by atoms with E-state index < -0.39 is 6.43 Å². The number of aryl methyl sites for hydroxylation is 1. The van der Waals surface area contributed by atoms with Gasteiger partial charge in [0.05, 0.1) is 0 Å². The summed E-state index contributed by atoms with van der Waals surface area (Å²) in [6.07, 6.45) is -1.84. The van der Waals surface area contributed by atoms with Gasteiger partial charge in [0.25, 0.3) is 6.43 Å². The van der Waals surface area contributed by atoms with Crippen LogP contribution >= 0.6 is 0 Å². The first-order chi connectivity index (χ1) is 6.97. The Morgan fingerprint density at radius 1 is 1.40 bits per heavy atom. The Bertz CT molecular complexity index is 383. The van der Waals surface area contributed by atoms with Crippen LogP contribution in [0.15, 0.2) is 12.1 Å². The Labute approximate surface area is 88.1 Å². The summed E-state index contributed by atoms with van der Waals surface area (Å²) in [6.45, 7) is 5.08. The van der Waals surface area contributed by atoms with Gasteiger partial charge in [-0.25, -0.2) is 8.78 Å². The molecule has 1 aromatic carbocycles. The lowest BCUT2D eigenvalue weighted by Gasteiger charge is -2.11. The molecule has 0 unspecified atom stereocenters. The van der Waals surface area contributed by atoms with Gasteiger partial charge in [0.1, 0.15) is 0 Å². The van der Waals surface area contributed by atoms with Gasteiger partial charge in [-0.15, -0.1) is 0 Å². The second kappa shape index (κ2) is 4.51. The topological polar surface area (TPSA) is 17.1 Å². The van der Waals surface area contributed by atoms with E-state index in [1.54, 1.807) is 6.92 Å². The van der Waals surface area contributed by atoms with Crippen LogP contribution in [0.4, 0.5) is 8.78 Å². The van der Waals surface area contributed by atoms with Crippen molar-refractivity contribution in [2.45, 2.75) is 33.6 Å². The summed E-state index contributed by atoms with van der Waals surface area (Å²) >= 11 is 0. The molecule has 3 heteroatoms. The van der Waals surface area contributed by atoms with Gasteiger partial charge in [-0.1, -0.05) is 13.0 Å². The van der Waals surface area contributed by atoms with Gasteiger partial charge in [0.2, 0.25) is 0 Å². The predicted octanol–water partition coefficient (Wildman–Crippen LogP) is 3.70. The maximum Gasteiger partial charge on any atom is 0.263 e. The molecule has 0 saturated heterocycles. The number of benzene rings is 1. The fourth-order valence-electron chi connectivity index (χ4n) is 1.75. The van der Waals surface area contributed by atoms with Gasteiger partial charge in [-0.2, -0.15) is 0 Å². The Morgan fingerprint density at radius 3 is 2.40 bits per heavy atom. The lowest BCUT2D eigenvalue weighted by Crippen LogP contribution is -2.03. The first-order valence-electron chi connectivity index (χ1n) is 4.89. The Kier molecular flexibility index (Phi) is 3.56. The summed E-state index contributed by atoms with van der Waals surface area (Å²) in [5.41, 5.74) is 1.98. The zero-order valence-corrected chi connectivity index (χ0v) is 9.10. The van der Waals surface area contributed by atoms with Crippen molar-refractivity contribution in [2.24, 2.45) is 0 Å². The van der Waals surface area contributed by atoms with E-state index in [1.165, 1.54) is 19.1 Å². The molecule has 0 saturated carbocycles. The molecule has 0 bridgehead atoms. The molecule has 0 aliphatic heterocycles. The Morgan fingerprint density at radius 2 is 2.00 bits per heavy atom. The van der Waals surface area contributed by atoms with Crippen LogP contribution in [-0.2, 0) is 6.42 Å². The molecule has 0 N–H and O–H groups in total. The molecule has 1 aromatic rings. The molecule has 82 valence electrons. The minimum Gasteiger partial charge on any atom is -0.295 e. The van der Waals surface area contributed by atoms with E-state index in [-0.39, 0.29) is 11.3 Å². The third-order valence-electron chi connectivity index (χ3n) is 2.48. The zero-order chi connectivity index (χ0) is 11.6. The number of hydrogen-bond donors (Lipinski definition) is 0. The van der Waals surface area contributed by atoms with E-state index in [9.17, 15) is 13.6 Å². The average molecular weight is 212 g/mol.